The molecule has 0 saturated heterocycles. The number of nitrogens with one attached hydrogen (secondary N) is 1. The van der Waals surface area contributed by atoms with Crippen molar-refractivity contribution in [3.8, 4) is 5.75 Å². The summed E-state index contributed by atoms with van der Waals surface area (Å²) in [5.41, 5.74) is 1.63. The van der Waals surface area contributed by atoms with E-state index >= 15 is 0 Å². The summed E-state index contributed by atoms with van der Waals surface area (Å²) < 4.78 is 5.42. The van der Waals surface area contributed by atoms with Crippen molar-refractivity contribution in [1.82, 2.24) is 9.80 Å². The molecule has 1 N–H and O–H groups in total. The highest BCUT2D eigenvalue weighted by molar-refractivity contribution is 6.30. The normalized spacial score (nSPS) is 11.4. The van der Waals surface area contributed by atoms with E-state index in [1.165, 1.54) is 4.90 Å². The SMILES string of the molecule is C[C@H](c1ccc(Cl)cc1)N(C)C(=O)Nc1ccc(OCC(=O)N(C)C)cc1. The zero-order valence-corrected chi connectivity index (χ0v) is 16.7. The van der Waals surface area contributed by atoms with Crippen molar-refractivity contribution in [2.45, 2.75) is 13.0 Å². The first-order valence-electron chi connectivity index (χ1n) is 8.50. The fourth-order valence-corrected chi connectivity index (χ4v) is 2.39. The number of hydrogen-bond acceptors (Lipinski definition) is 3. The monoisotopic (exact) mass is 389 g/mol. The first-order chi connectivity index (χ1) is 12.8. The molecule has 0 aliphatic rings. The molecule has 2 aromatic carbocycles. The van der Waals surface area contributed by atoms with Crippen molar-refractivity contribution in [3.63, 3.8) is 0 Å². The highest BCUT2D eigenvalue weighted by Crippen LogP contribution is 2.22. The molecule has 2 aromatic rings. The van der Waals surface area contributed by atoms with Crippen molar-refractivity contribution in [1.29, 1.82) is 0 Å². The van der Waals surface area contributed by atoms with E-state index in [1.807, 2.05) is 19.1 Å². The average Bonchev–Trinajstić information content (AvgIpc) is 2.66. The van der Waals surface area contributed by atoms with Crippen LogP contribution in [0.1, 0.15) is 18.5 Å². The van der Waals surface area contributed by atoms with Gasteiger partial charge >= 0.3 is 6.03 Å². The van der Waals surface area contributed by atoms with Gasteiger partial charge in [-0.25, -0.2) is 4.79 Å². The number of likely N-dealkylation sites (N-methyl/N-ethyl adjacent to an activating group) is 1. The molecule has 0 unspecified atom stereocenters. The third-order valence-corrected chi connectivity index (χ3v) is 4.47. The predicted molar refractivity (Wildman–Crippen MR) is 107 cm³/mol. The van der Waals surface area contributed by atoms with Crippen LogP contribution in [0.25, 0.3) is 0 Å². The van der Waals surface area contributed by atoms with Crippen LogP contribution in [0.15, 0.2) is 48.5 Å². The van der Waals surface area contributed by atoms with Crippen LogP contribution in [0.3, 0.4) is 0 Å². The molecular formula is C20H24ClN3O3. The molecule has 0 heterocycles. The Balaban J connectivity index is 1.92. The van der Waals surface area contributed by atoms with Crippen LogP contribution in [0.5, 0.6) is 5.75 Å². The van der Waals surface area contributed by atoms with Gasteiger partial charge in [0.1, 0.15) is 5.75 Å². The fraction of sp³-hybridized carbons (Fsp3) is 0.300. The number of rotatable bonds is 6. The molecule has 0 aromatic heterocycles. The molecule has 0 aliphatic heterocycles. The minimum absolute atomic E-state index is 0.0277. The van der Waals surface area contributed by atoms with E-state index in [4.69, 9.17) is 16.3 Å². The summed E-state index contributed by atoms with van der Waals surface area (Å²) in [7, 11) is 5.08. The van der Waals surface area contributed by atoms with E-state index in [-0.39, 0.29) is 24.6 Å². The zero-order chi connectivity index (χ0) is 20.0. The second-order valence-electron chi connectivity index (χ2n) is 6.37. The molecule has 6 nitrogen and oxygen atoms in total. The molecule has 7 heteroatoms. The molecule has 144 valence electrons. The maximum Gasteiger partial charge on any atom is 0.322 e. The third-order valence-electron chi connectivity index (χ3n) is 4.22. The van der Waals surface area contributed by atoms with Crippen LogP contribution in [0, 0.1) is 0 Å². The molecular weight excluding hydrogens is 366 g/mol. The van der Waals surface area contributed by atoms with Gasteiger partial charge in [0.25, 0.3) is 5.91 Å². The van der Waals surface area contributed by atoms with Gasteiger partial charge in [0, 0.05) is 31.9 Å². The molecule has 0 fully saturated rings. The number of ether oxygens (including phenoxy) is 1. The molecule has 1 atom stereocenters. The van der Waals surface area contributed by atoms with Gasteiger partial charge in [0.2, 0.25) is 0 Å². The first kappa shape index (κ1) is 20.6. The van der Waals surface area contributed by atoms with Gasteiger partial charge in [-0.2, -0.15) is 0 Å². The maximum absolute atomic E-state index is 12.5. The summed E-state index contributed by atoms with van der Waals surface area (Å²) in [4.78, 5) is 27.1. The summed E-state index contributed by atoms with van der Waals surface area (Å²) in [6, 6.07) is 14.0. The van der Waals surface area contributed by atoms with Crippen LogP contribution >= 0.6 is 11.6 Å². The van der Waals surface area contributed by atoms with Gasteiger partial charge in [0.15, 0.2) is 6.61 Å². The van der Waals surface area contributed by atoms with Crippen LogP contribution in [-0.2, 0) is 4.79 Å². The lowest BCUT2D eigenvalue weighted by molar-refractivity contribution is -0.130. The number of carbonyl (C=O) groups is 2. The minimum Gasteiger partial charge on any atom is -0.484 e. The Morgan fingerprint density at radius 2 is 1.63 bits per heavy atom. The molecule has 27 heavy (non-hydrogen) atoms. The highest BCUT2D eigenvalue weighted by atomic mass is 35.5. The van der Waals surface area contributed by atoms with Crippen molar-refractivity contribution < 1.29 is 14.3 Å². The van der Waals surface area contributed by atoms with Crippen LogP contribution in [0.4, 0.5) is 10.5 Å². The Morgan fingerprint density at radius 1 is 1.04 bits per heavy atom. The first-order valence-corrected chi connectivity index (χ1v) is 8.88. The lowest BCUT2D eigenvalue weighted by Crippen LogP contribution is -2.33. The summed E-state index contributed by atoms with van der Waals surface area (Å²) in [6.07, 6.45) is 0. The predicted octanol–water partition coefficient (Wildman–Crippen LogP) is 4.03. The lowest BCUT2D eigenvalue weighted by Gasteiger charge is -2.25. The van der Waals surface area contributed by atoms with E-state index in [0.29, 0.717) is 16.5 Å². The van der Waals surface area contributed by atoms with Crippen LogP contribution < -0.4 is 10.1 Å². The molecule has 0 radical (unpaired) electrons. The Labute approximate surface area is 164 Å². The van der Waals surface area contributed by atoms with Gasteiger partial charge in [-0.15, -0.1) is 0 Å². The van der Waals surface area contributed by atoms with Crippen molar-refractivity contribution >= 4 is 29.2 Å². The molecule has 0 aliphatic carbocycles. The minimum atomic E-state index is -0.228. The summed E-state index contributed by atoms with van der Waals surface area (Å²) >= 11 is 5.91. The van der Waals surface area contributed by atoms with Crippen LogP contribution in [0.2, 0.25) is 5.02 Å². The summed E-state index contributed by atoms with van der Waals surface area (Å²) in [5, 5.41) is 3.50. The molecule has 3 amide bonds. The number of halogens is 1. The van der Waals surface area contributed by atoms with Crippen molar-refractivity contribution in [3.05, 3.63) is 59.1 Å². The van der Waals surface area contributed by atoms with E-state index in [2.05, 4.69) is 5.32 Å². The second kappa shape index (κ2) is 9.28. The summed E-state index contributed by atoms with van der Waals surface area (Å²) in [5.74, 6) is 0.441. The number of benzene rings is 2. The largest absolute Gasteiger partial charge is 0.484 e. The molecule has 0 saturated carbocycles. The number of nitrogens with zero attached hydrogens (tertiary/aromatic N) is 2. The van der Waals surface area contributed by atoms with Gasteiger partial charge in [0.05, 0.1) is 6.04 Å². The number of carbonyl (C=O) groups excluding carboxylic acids is 2. The van der Waals surface area contributed by atoms with E-state index in [9.17, 15) is 9.59 Å². The Morgan fingerprint density at radius 3 is 2.19 bits per heavy atom. The lowest BCUT2D eigenvalue weighted by atomic mass is 10.1. The molecule has 2 rings (SSSR count). The smallest absolute Gasteiger partial charge is 0.322 e. The number of hydrogen-bond donors (Lipinski definition) is 1. The Bertz CT molecular complexity index is 776. The maximum atomic E-state index is 12.5. The van der Waals surface area contributed by atoms with Crippen molar-refractivity contribution in [2.75, 3.05) is 33.1 Å². The Hall–Kier alpha value is -2.73. The van der Waals surface area contributed by atoms with E-state index in [0.717, 1.165) is 5.56 Å². The highest BCUT2D eigenvalue weighted by Gasteiger charge is 2.17. The van der Waals surface area contributed by atoms with E-state index < -0.39 is 0 Å². The summed E-state index contributed by atoms with van der Waals surface area (Å²) in [6.45, 7) is 1.92. The fourth-order valence-electron chi connectivity index (χ4n) is 2.26. The van der Waals surface area contributed by atoms with Gasteiger partial charge in [-0.05, 0) is 48.9 Å². The topological polar surface area (TPSA) is 61.9 Å². The Kier molecular flexibility index (Phi) is 7.07. The second-order valence-corrected chi connectivity index (χ2v) is 6.81. The standard InChI is InChI=1S/C20H24ClN3O3/c1-14(15-5-7-16(21)8-6-15)24(4)20(26)22-17-9-11-18(12-10-17)27-13-19(25)23(2)3/h5-12,14H,13H2,1-4H3,(H,22,26)/t14-/m1/s1. The third kappa shape index (κ3) is 5.89. The van der Waals surface area contributed by atoms with Crippen LogP contribution in [-0.4, -0.2) is 49.5 Å². The average molecular weight is 390 g/mol. The van der Waals surface area contributed by atoms with Gasteiger partial charge in [-0.1, -0.05) is 23.7 Å². The number of urea groups is 1. The quantitative estimate of drug-likeness (QED) is 0.811. The van der Waals surface area contributed by atoms with E-state index in [1.54, 1.807) is 62.4 Å². The molecule has 0 spiro atoms. The van der Waals surface area contributed by atoms with Gasteiger partial charge in [-0.3, -0.25) is 4.79 Å². The molecule has 0 bridgehead atoms. The van der Waals surface area contributed by atoms with Crippen molar-refractivity contribution in [2.24, 2.45) is 0 Å². The number of amides is 3. The zero-order valence-electron chi connectivity index (χ0n) is 15.9. The van der Waals surface area contributed by atoms with Gasteiger partial charge < -0.3 is 19.9 Å². The number of anilines is 1.